The van der Waals surface area contributed by atoms with E-state index in [1.165, 1.54) is 11.8 Å². The first-order chi connectivity index (χ1) is 15.8. The fourth-order valence-electron chi connectivity index (χ4n) is 3.52. The molecular formula is C24H21BrN4O3S. The summed E-state index contributed by atoms with van der Waals surface area (Å²) in [6.45, 7) is 5.57. The van der Waals surface area contributed by atoms with Crippen molar-refractivity contribution in [2.75, 3.05) is 12.4 Å². The molecular weight excluding hydrogens is 504 g/mol. The number of carbonyl (C=O) groups excluding carboxylic acids is 1. The van der Waals surface area contributed by atoms with Gasteiger partial charge in [0, 0.05) is 10.2 Å². The molecule has 0 spiro atoms. The molecule has 2 N–H and O–H groups in total. The zero-order valence-electron chi connectivity index (χ0n) is 18.3. The minimum Gasteiger partial charge on any atom is -0.463 e. The number of ether oxygens (including phenoxy) is 2. The highest BCUT2D eigenvalue weighted by molar-refractivity contribution is 9.10. The summed E-state index contributed by atoms with van der Waals surface area (Å²) in [4.78, 5) is 17.5. The van der Waals surface area contributed by atoms with Gasteiger partial charge in [-0.2, -0.15) is 10.5 Å². The molecule has 2 aromatic rings. The molecule has 0 fully saturated rings. The number of nitrogens with zero attached hydrogens (tertiary/aromatic N) is 3. The van der Waals surface area contributed by atoms with E-state index in [9.17, 15) is 15.3 Å². The van der Waals surface area contributed by atoms with Gasteiger partial charge in [-0.15, -0.1) is 0 Å². The molecule has 33 heavy (non-hydrogen) atoms. The van der Waals surface area contributed by atoms with E-state index in [0.717, 1.165) is 15.7 Å². The zero-order valence-corrected chi connectivity index (χ0v) is 20.7. The van der Waals surface area contributed by atoms with Crippen LogP contribution >= 0.6 is 27.7 Å². The van der Waals surface area contributed by atoms with Gasteiger partial charge in [0.25, 0.3) is 0 Å². The van der Waals surface area contributed by atoms with Crippen LogP contribution in [-0.2, 0) is 14.3 Å². The molecule has 1 aliphatic heterocycles. The number of aromatic nitrogens is 1. The van der Waals surface area contributed by atoms with Crippen LogP contribution in [0.2, 0.25) is 0 Å². The highest BCUT2D eigenvalue weighted by Gasteiger charge is 2.37. The Labute approximate surface area is 205 Å². The number of carbonyl (C=O) groups is 1. The summed E-state index contributed by atoms with van der Waals surface area (Å²) in [5.41, 5.74) is 9.21. The monoisotopic (exact) mass is 524 g/mol. The van der Waals surface area contributed by atoms with Crippen LogP contribution in [0.4, 0.5) is 0 Å². The van der Waals surface area contributed by atoms with Gasteiger partial charge in [0.2, 0.25) is 5.88 Å². The quantitative estimate of drug-likeness (QED) is 0.424. The van der Waals surface area contributed by atoms with Gasteiger partial charge in [-0.05, 0) is 50.1 Å². The Bertz CT molecular complexity index is 1240. The molecule has 3 rings (SSSR count). The van der Waals surface area contributed by atoms with Gasteiger partial charge in [-0.1, -0.05) is 39.8 Å². The van der Waals surface area contributed by atoms with Gasteiger partial charge in [0.15, 0.2) is 0 Å². The van der Waals surface area contributed by atoms with E-state index in [-0.39, 0.29) is 35.1 Å². The molecule has 0 radical (unpaired) electrons. The molecule has 0 bridgehead atoms. The van der Waals surface area contributed by atoms with Crippen LogP contribution < -0.4 is 5.73 Å². The maximum atomic E-state index is 13.1. The number of aryl methyl sites for hydroxylation is 2. The Morgan fingerprint density at radius 3 is 2.58 bits per heavy atom. The number of pyridine rings is 1. The fraction of sp³-hybridized carbons (Fsp3) is 0.250. The van der Waals surface area contributed by atoms with E-state index >= 15 is 0 Å². The van der Waals surface area contributed by atoms with E-state index in [4.69, 9.17) is 15.2 Å². The number of thioether (sulfide) groups is 1. The van der Waals surface area contributed by atoms with Crippen LogP contribution in [0.25, 0.3) is 0 Å². The Morgan fingerprint density at radius 2 is 1.97 bits per heavy atom. The topological polar surface area (TPSA) is 122 Å². The minimum atomic E-state index is -0.742. The number of hydrogen-bond acceptors (Lipinski definition) is 8. The van der Waals surface area contributed by atoms with E-state index in [0.29, 0.717) is 16.2 Å². The highest BCUT2D eigenvalue weighted by Crippen LogP contribution is 2.41. The van der Waals surface area contributed by atoms with Gasteiger partial charge in [0.05, 0.1) is 29.4 Å². The van der Waals surface area contributed by atoms with Crippen molar-refractivity contribution in [1.82, 2.24) is 4.98 Å². The predicted octanol–water partition coefficient (Wildman–Crippen LogP) is 4.75. The fourth-order valence-corrected chi connectivity index (χ4v) is 4.83. The van der Waals surface area contributed by atoms with Crippen LogP contribution in [-0.4, -0.2) is 23.3 Å². The normalized spacial score (nSPS) is 15.5. The molecule has 1 atom stereocenters. The summed E-state index contributed by atoms with van der Waals surface area (Å²) in [5.74, 6) is -0.953. The Hall–Kier alpha value is -3.27. The van der Waals surface area contributed by atoms with Crippen molar-refractivity contribution < 1.29 is 14.3 Å². The van der Waals surface area contributed by atoms with Gasteiger partial charge < -0.3 is 15.2 Å². The SMILES string of the molecule is CCOC(=O)C1=C(CSc2nc(C)cc(C)c2C#N)OC(N)=C(C#N)[C@@H]1c1ccc(Br)cc1. The molecule has 1 aliphatic rings. The van der Waals surface area contributed by atoms with Crippen molar-refractivity contribution in [3.63, 3.8) is 0 Å². The lowest BCUT2D eigenvalue weighted by atomic mass is 9.83. The van der Waals surface area contributed by atoms with Crippen molar-refractivity contribution in [3.8, 4) is 12.1 Å². The molecule has 2 heterocycles. The molecule has 9 heteroatoms. The summed E-state index contributed by atoms with van der Waals surface area (Å²) >= 11 is 4.67. The Morgan fingerprint density at radius 1 is 1.27 bits per heavy atom. The summed E-state index contributed by atoms with van der Waals surface area (Å²) in [6.07, 6.45) is 0. The summed E-state index contributed by atoms with van der Waals surface area (Å²) in [7, 11) is 0. The van der Waals surface area contributed by atoms with Gasteiger partial charge in [-0.3, -0.25) is 0 Å². The number of benzene rings is 1. The molecule has 7 nitrogen and oxygen atoms in total. The number of hydrogen-bond donors (Lipinski definition) is 1. The molecule has 0 aliphatic carbocycles. The van der Waals surface area contributed by atoms with Gasteiger partial charge in [-0.25, -0.2) is 9.78 Å². The third-order valence-electron chi connectivity index (χ3n) is 4.96. The van der Waals surface area contributed by atoms with Crippen LogP contribution in [0, 0.1) is 36.5 Å². The summed E-state index contributed by atoms with van der Waals surface area (Å²) < 4.78 is 11.9. The van der Waals surface area contributed by atoms with E-state index < -0.39 is 11.9 Å². The molecule has 0 saturated heterocycles. The predicted molar refractivity (Wildman–Crippen MR) is 128 cm³/mol. The van der Waals surface area contributed by atoms with Crippen LogP contribution in [0.3, 0.4) is 0 Å². The standard InChI is InChI=1S/C24H21BrN4O3S/c1-4-31-24(30)21-19(12-33-23-17(10-26)13(2)9-14(3)29-23)32-22(28)18(11-27)20(21)15-5-7-16(25)8-6-15/h5-9,20H,4,12,28H2,1-3H3/t20-/m0/s1. The Kier molecular flexibility index (Phi) is 7.80. The minimum absolute atomic E-state index is 0.0667. The van der Waals surface area contributed by atoms with Crippen LogP contribution in [0.15, 0.2) is 62.6 Å². The lowest BCUT2D eigenvalue weighted by Crippen LogP contribution is -2.27. The maximum Gasteiger partial charge on any atom is 0.338 e. The smallest absolute Gasteiger partial charge is 0.338 e. The number of rotatable bonds is 6. The van der Waals surface area contributed by atoms with E-state index in [1.807, 2.05) is 44.2 Å². The van der Waals surface area contributed by atoms with E-state index in [1.54, 1.807) is 6.92 Å². The second-order valence-corrected chi connectivity index (χ2v) is 9.07. The second-order valence-electron chi connectivity index (χ2n) is 7.19. The number of esters is 1. The molecule has 1 aromatic carbocycles. The molecule has 0 unspecified atom stereocenters. The maximum absolute atomic E-state index is 13.1. The van der Waals surface area contributed by atoms with Gasteiger partial charge >= 0.3 is 5.97 Å². The second kappa shape index (κ2) is 10.6. The first kappa shape index (κ1) is 24.4. The third kappa shape index (κ3) is 5.22. The molecule has 0 amide bonds. The highest BCUT2D eigenvalue weighted by atomic mass is 79.9. The van der Waals surface area contributed by atoms with Crippen molar-refractivity contribution in [2.45, 2.75) is 31.7 Å². The van der Waals surface area contributed by atoms with Crippen molar-refractivity contribution in [1.29, 1.82) is 10.5 Å². The lowest BCUT2D eigenvalue weighted by Gasteiger charge is -2.28. The average molecular weight is 525 g/mol. The first-order valence-electron chi connectivity index (χ1n) is 10.0. The van der Waals surface area contributed by atoms with Gasteiger partial charge in [0.1, 0.15) is 28.5 Å². The number of nitrogens with two attached hydrogens (primary N) is 1. The van der Waals surface area contributed by atoms with Crippen molar-refractivity contribution >= 4 is 33.7 Å². The van der Waals surface area contributed by atoms with Crippen LogP contribution in [0.1, 0.15) is 35.2 Å². The molecule has 0 saturated carbocycles. The van der Waals surface area contributed by atoms with Crippen molar-refractivity contribution in [2.24, 2.45) is 5.73 Å². The largest absolute Gasteiger partial charge is 0.463 e. The third-order valence-corrected chi connectivity index (χ3v) is 6.46. The van der Waals surface area contributed by atoms with Crippen LogP contribution in [0.5, 0.6) is 0 Å². The summed E-state index contributed by atoms with van der Waals surface area (Å²) in [5, 5.41) is 19.9. The average Bonchev–Trinajstić information content (AvgIpc) is 2.77. The van der Waals surface area contributed by atoms with E-state index in [2.05, 4.69) is 33.1 Å². The summed E-state index contributed by atoms with van der Waals surface area (Å²) in [6, 6.07) is 13.4. The number of halogens is 1. The molecule has 1 aromatic heterocycles. The van der Waals surface area contributed by atoms with Crippen molar-refractivity contribution in [3.05, 3.63) is 80.0 Å². The zero-order chi connectivity index (χ0) is 24.1. The lowest BCUT2D eigenvalue weighted by molar-refractivity contribution is -0.139. The number of allylic oxidation sites excluding steroid dienone is 1. The Balaban J connectivity index is 2.11. The molecule has 168 valence electrons. The first-order valence-corrected chi connectivity index (χ1v) is 11.8. The number of nitriles is 2.